The van der Waals surface area contributed by atoms with Crippen molar-refractivity contribution in [2.45, 2.75) is 23.0 Å². The molecule has 0 spiro atoms. The van der Waals surface area contributed by atoms with Crippen molar-refractivity contribution in [1.82, 2.24) is 0 Å². The van der Waals surface area contributed by atoms with E-state index in [0.717, 1.165) is 10.2 Å². The van der Waals surface area contributed by atoms with Gasteiger partial charge in [0.15, 0.2) is 0 Å². The molecule has 2 nitrogen and oxygen atoms in total. The Hall–Kier alpha value is 1.06. The number of fused-ring (bicyclic) bond motifs is 2. The molecule has 2 aliphatic rings. The van der Waals surface area contributed by atoms with Gasteiger partial charge in [0.2, 0.25) is 0 Å². The molecule has 0 aromatic heterocycles. The summed E-state index contributed by atoms with van der Waals surface area (Å²) in [6.07, 6.45) is -0.237. The Morgan fingerprint density at radius 3 is 2.82 bits per heavy atom. The van der Waals surface area contributed by atoms with Gasteiger partial charge >= 0.3 is 0 Å². The maximum absolute atomic E-state index is 9.80. The Balaban J connectivity index is 2.24. The van der Waals surface area contributed by atoms with E-state index >= 15 is 0 Å². The highest BCUT2D eigenvalue weighted by Crippen LogP contribution is 2.47. The number of ether oxygens (including phenoxy) is 1. The van der Waals surface area contributed by atoms with E-state index in [1.165, 1.54) is 0 Å². The van der Waals surface area contributed by atoms with Gasteiger partial charge in [-0.2, -0.15) is 11.8 Å². The second-order valence-electron chi connectivity index (χ2n) is 3.24. The third kappa shape index (κ3) is 1.08. The van der Waals surface area contributed by atoms with Crippen LogP contribution in [0.2, 0.25) is 0 Å². The Labute approximate surface area is 85.0 Å². The molecule has 2 unspecified atom stereocenters. The van der Waals surface area contributed by atoms with Crippen LogP contribution in [-0.2, 0) is 4.74 Å². The summed E-state index contributed by atoms with van der Waals surface area (Å²) in [4.78, 5) is 0. The molecule has 2 saturated heterocycles. The van der Waals surface area contributed by atoms with Gasteiger partial charge in [0.25, 0.3) is 0 Å². The van der Waals surface area contributed by atoms with E-state index in [-0.39, 0.29) is 17.7 Å². The average Bonchev–Trinajstić information content (AvgIpc) is 2.42. The zero-order chi connectivity index (χ0) is 8.06. The van der Waals surface area contributed by atoms with Gasteiger partial charge in [-0.15, -0.1) is 0 Å². The molecule has 5 heteroatoms. The minimum atomic E-state index is -0.237. The lowest BCUT2D eigenvalue weighted by molar-refractivity contribution is -0.0264. The van der Waals surface area contributed by atoms with Gasteiger partial charge in [-0.05, 0) is 0 Å². The molecule has 0 aromatic carbocycles. The first-order valence-electron chi connectivity index (χ1n) is 3.73. The molecule has 11 heavy (non-hydrogen) atoms. The molecule has 62 valence electrons. The summed E-state index contributed by atoms with van der Waals surface area (Å²) in [5, 5.41) is 10.1. The minimum absolute atomic E-state index is 0.213. The zero-order valence-corrected chi connectivity index (χ0v) is 9.26. The summed E-state index contributed by atoms with van der Waals surface area (Å²) < 4.78 is 6.63. The molecule has 0 saturated carbocycles. The lowest BCUT2D eigenvalue weighted by Gasteiger charge is -2.27. The molecule has 4 atom stereocenters. The van der Waals surface area contributed by atoms with Crippen LogP contribution in [-0.4, -0.2) is 46.1 Å². The zero-order valence-electron chi connectivity index (χ0n) is 6.29. The number of alkyl halides is 1. The summed E-state index contributed by atoms with van der Waals surface area (Å²) >= 11 is 4.15. The van der Waals surface area contributed by atoms with E-state index in [0.29, 0.717) is 5.25 Å². The summed E-state index contributed by atoms with van der Waals surface area (Å²) in [6.45, 7) is 0. The predicted molar refractivity (Wildman–Crippen MR) is 57.3 cm³/mol. The second kappa shape index (κ2) is 2.78. The highest BCUT2D eigenvalue weighted by molar-refractivity contribution is 14.1. The topological polar surface area (TPSA) is 29.5 Å². The summed E-state index contributed by atoms with van der Waals surface area (Å²) in [6, 6.07) is 0.235. The van der Waals surface area contributed by atoms with E-state index < -0.39 is 0 Å². The quantitative estimate of drug-likeness (QED) is 0.404. The fourth-order valence-corrected chi connectivity index (χ4v) is 4.63. The molecular weight excluding hydrogens is 274 g/mol. The molecule has 0 aliphatic carbocycles. The molecule has 1 N–H and O–H groups in total. The normalized spacial score (nSPS) is 55.3. The Kier molecular flexibility index (Phi) is 2.19. The Morgan fingerprint density at radius 1 is 1.82 bits per heavy atom. The first kappa shape index (κ1) is 8.65. The van der Waals surface area contributed by atoms with Crippen molar-refractivity contribution >= 4 is 42.2 Å². The molecular formula is C6H10BIO2S. The summed E-state index contributed by atoms with van der Waals surface area (Å²) in [5.41, 5.74) is -0.213. The minimum Gasteiger partial charge on any atom is -0.389 e. The van der Waals surface area contributed by atoms with Gasteiger partial charge in [0, 0.05) is 16.2 Å². The van der Waals surface area contributed by atoms with E-state index in [1.807, 2.05) is 19.6 Å². The van der Waals surface area contributed by atoms with E-state index in [4.69, 9.17) is 4.74 Å². The van der Waals surface area contributed by atoms with E-state index in [1.54, 1.807) is 0 Å². The summed E-state index contributed by atoms with van der Waals surface area (Å²) in [7, 11) is 2.05. The number of rotatable bonds is 1. The van der Waals surface area contributed by atoms with Crippen LogP contribution in [0.25, 0.3) is 0 Å². The van der Waals surface area contributed by atoms with Crippen molar-refractivity contribution in [2.75, 3.05) is 10.2 Å². The molecule has 2 heterocycles. The van der Waals surface area contributed by atoms with Crippen LogP contribution in [0.3, 0.4) is 0 Å². The van der Waals surface area contributed by atoms with Crippen molar-refractivity contribution in [3.63, 3.8) is 0 Å². The third-order valence-corrected chi connectivity index (χ3v) is 5.45. The molecule has 2 fully saturated rings. The van der Waals surface area contributed by atoms with Crippen LogP contribution in [0.5, 0.6) is 0 Å². The third-order valence-electron chi connectivity index (χ3n) is 2.48. The fourth-order valence-electron chi connectivity index (χ4n) is 1.80. The van der Waals surface area contributed by atoms with Crippen molar-refractivity contribution in [3.8, 4) is 0 Å². The lowest BCUT2D eigenvalue weighted by Crippen LogP contribution is -2.41. The van der Waals surface area contributed by atoms with Crippen LogP contribution in [0.4, 0.5) is 0 Å². The fraction of sp³-hybridized carbons (Fsp3) is 1.00. The van der Waals surface area contributed by atoms with Crippen molar-refractivity contribution in [3.05, 3.63) is 0 Å². The average molecular weight is 284 g/mol. The highest BCUT2D eigenvalue weighted by Gasteiger charge is 2.57. The highest BCUT2D eigenvalue weighted by atomic mass is 127. The molecule has 2 rings (SSSR count). The number of thioether (sulfide) groups is 1. The number of halogens is 1. The first-order valence-corrected chi connectivity index (χ1v) is 6.30. The molecule has 0 amide bonds. The number of aliphatic hydroxyl groups excluding tert-OH is 1. The Morgan fingerprint density at radius 2 is 2.55 bits per heavy atom. The van der Waals surface area contributed by atoms with Crippen molar-refractivity contribution in [1.29, 1.82) is 0 Å². The molecule has 0 radical (unpaired) electrons. The van der Waals surface area contributed by atoms with E-state index in [9.17, 15) is 5.11 Å². The van der Waals surface area contributed by atoms with Crippen LogP contribution < -0.4 is 0 Å². The maximum Gasteiger partial charge on any atom is 0.140 e. The van der Waals surface area contributed by atoms with Gasteiger partial charge in [0.05, 0.1) is 11.4 Å². The molecule has 2 aliphatic heterocycles. The monoisotopic (exact) mass is 284 g/mol. The predicted octanol–water partition coefficient (Wildman–Crippen LogP) is -0.374. The molecule has 2 bridgehead atoms. The van der Waals surface area contributed by atoms with Crippen LogP contribution in [0, 0.1) is 0 Å². The van der Waals surface area contributed by atoms with Crippen molar-refractivity contribution < 1.29 is 9.84 Å². The summed E-state index contributed by atoms with van der Waals surface area (Å²) in [5.74, 6) is 0.964. The Bertz CT molecular complexity index is 182. The standard InChI is InChI=1S/C6H10BIO2S/c7-5-3-4(9)6(1-8,10-5)2-11-3/h3-5,9H,1-2,7H2/t3?,4?,5-,6+/m1/s1. The molecule has 0 aromatic rings. The van der Waals surface area contributed by atoms with E-state index in [2.05, 4.69) is 22.6 Å². The number of aliphatic hydroxyl groups is 1. The van der Waals surface area contributed by atoms with Crippen LogP contribution >= 0.6 is 34.4 Å². The second-order valence-corrected chi connectivity index (χ2v) is 5.17. The van der Waals surface area contributed by atoms with Gasteiger partial charge < -0.3 is 9.84 Å². The number of hydrogen-bond donors (Lipinski definition) is 1. The van der Waals surface area contributed by atoms with Crippen molar-refractivity contribution in [2.24, 2.45) is 0 Å². The van der Waals surface area contributed by atoms with Gasteiger partial charge in [-0.3, -0.25) is 0 Å². The van der Waals surface area contributed by atoms with Gasteiger partial charge in [-0.1, -0.05) is 22.6 Å². The lowest BCUT2D eigenvalue weighted by atomic mass is 9.93. The van der Waals surface area contributed by atoms with Gasteiger partial charge in [0.1, 0.15) is 13.4 Å². The SMILES string of the molecule is B[C@@H]1O[C@@]2(CI)CSC1C2O. The van der Waals surface area contributed by atoms with Crippen LogP contribution in [0.15, 0.2) is 0 Å². The largest absolute Gasteiger partial charge is 0.389 e. The maximum atomic E-state index is 9.80. The van der Waals surface area contributed by atoms with Crippen LogP contribution in [0.1, 0.15) is 0 Å². The first-order chi connectivity index (χ1) is 5.19. The van der Waals surface area contributed by atoms with Gasteiger partial charge in [-0.25, -0.2) is 0 Å². The number of hydrogen-bond acceptors (Lipinski definition) is 3. The smallest absolute Gasteiger partial charge is 0.140 e.